The number of ketones is 1. The van der Waals surface area contributed by atoms with E-state index in [1.165, 1.54) is 0 Å². The van der Waals surface area contributed by atoms with Crippen LogP contribution in [0.25, 0.3) is 6.08 Å². The third kappa shape index (κ3) is 6.81. The summed E-state index contributed by atoms with van der Waals surface area (Å²) in [6, 6.07) is 33.7. The fraction of sp³-hybridized carbons (Fsp3) is 0. The quantitative estimate of drug-likeness (QED) is 0.136. The third-order valence-electron chi connectivity index (χ3n) is 5.42. The number of aromatic nitrogens is 3. The van der Waals surface area contributed by atoms with Gasteiger partial charge in [0.1, 0.15) is 0 Å². The molecule has 0 bridgehead atoms. The Balaban J connectivity index is 1.33. The summed E-state index contributed by atoms with van der Waals surface area (Å²) in [5.41, 5.74) is 3.89. The van der Waals surface area contributed by atoms with Crippen LogP contribution in [-0.4, -0.2) is 20.7 Å². The van der Waals surface area contributed by atoms with E-state index in [-0.39, 0.29) is 5.78 Å². The summed E-state index contributed by atoms with van der Waals surface area (Å²) in [5, 5.41) is 10.3. The standard InChI is InChI=1S/C30H23ClN6O/c31-23-16-11-21(12-17-23)13-20-27(38)22-14-18-26(19-15-22)34-30-36-28(32-24-7-3-1-4-8-24)35-29(37-30)33-25-9-5-2-6-10-25/h1-20H,(H3,32,33,34,35,36,37)/b20-13+. The Hall–Kier alpha value is -5.01. The molecule has 0 saturated carbocycles. The minimum Gasteiger partial charge on any atom is -0.324 e. The van der Waals surface area contributed by atoms with E-state index in [4.69, 9.17) is 11.6 Å². The van der Waals surface area contributed by atoms with Crippen LogP contribution in [0.1, 0.15) is 15.9 Å². The van der Waals surface area contributed by atoms with Crippen LogP contribution in [0.3, 0.4) is 0 Å². The molecule has 0 aliphatic rings. The number of hydrogen-bond acceptors (Lipinski definition) is 7. The van der Waals surface area contributed by atoms with Gasteiger partial charge in [0.25, 0.3) is 0 Å². The molecule has 0 radical (unpaired) electrons. The molecule has 0 saturated heterocycles. The van der Waals surface area contributed by atoms with Gasteiger partial charge in [-0.05, 0) is 72.3 Å². The molecule has 0 fully saturated rings. The first-order valence-corrected chi connectivity index (χ1v) is 12.2. The van der Waals surface area contributed by atoms with Crippen molar-refractivity contribution < 1.29 is 4.79 Å². The maximum absolute atomic E-state index is 12.6. The summed E-state index contributed by atoms with van der Waals surface area (Å²) in [5.74, 6) is 1.01. The lowest BCUT2D eigenvalue weighted by Crippen LogP contribution is -2.07. The lowest BCUT2D eigenvalue weighted by molar-refractivity contribution is 0.104. The van der Waals surface area contributed by atoms with Crippen molar-refractivity contribution in [1.29, 1.82) is 0 Å². The normalized spacial score (nSPS) is 10.8. The van der Waals surface area contributed by atoms with E-state index in [0.29, 0.717) is 28.4 Å². The Morgan fingerprint density at radius 3 is 1.50 bits per heavy atom. The minimum atomic E-state index is -0.102. The number of halogens is 1. The van der Waals surface area contributed by atoms with Gasteiger partial charge < -0.3 is 16.0 Å². The second-order valence-electron chi connectivity index (χ2n) is 8.24. The van der Waals surface area contributed by atoms with E-state index >= 15 is 0 Å². The van der Waals surface area contributed by atoms with E-state index in [2.05, 4.69) is 30.9 Å². The lowest BCUT2D eigenvalue weighted by Gasteiger charge is -2.11. The topological polar surface area (TPSA) is 91.8 Å². The zero-order chi connectivity index (χ0) is 26.2. The van der Waals surface area contributed by atoms with Crippen LogP contribution in [0.2, 0.25) is 5.02 Å². The van der Waals surface area contributed by atoms with Gasteiger partial charge in [-0.15, -0.1) is 0 Å². The molecule has 0 spiro atoms. The summed E-state index contributed by atoms with van der Waals surface area (Å²) >= 11 is 5.92. The molecule has 5 aromatic rings. The van der Waals surface area contributed by atoms with Gasteiger partial charge in [-0.2, -0.15) is 15.0 Å². The zero-order valence-corrected chi connectivity index (χ0v) is 20.9. The van der Waals surface area contributed by atoms with Crippen molar-refractivity contribution in [3.8, 4) is 0 Å². The van der Waals surface area contributed by atoms with Gasteiger partial charge in [-0.25, -0.2) is 0 Å². The van der Waals surface area contributed by atoms with Crippen molar-refractivity contribution in [3.05, 3.63) is 131 Å². The van der Waals surface area contributed by atoms with Gasteiger partial charge in [-0.1, -0.05) is 66.2 Å². The summed E-state index contributed by atoms with van der Waals surface area (Å²) in [6.45, 7) is 0. The molecule has 1 aromatic heterocycles. The number of allylic oxidation sites excluding steroid dienone is 1. The van der Waals surface area contributed by atoms with Crippen LogP contribution in [0, 0.1) is 0 Å². The average molecular weight is 519 g/mol. The number of rotatable bonds is 9. The van der Waals surface area contributed by atoms with Gasteiger partial charge in [0.05, 0.1) is 0 Å². The van der Waals surface area contributed by atoms with E-state index in [1.54, 1.807) is 36.4 Å². The highest BCUT2D eigenvalue weighted by atomic mass is 35.5. The highest BCUT2D eigenvalue weighted by Crippen LogP contribution is 2.21. The second kappa shape index (κ2) is 11.8. The van der Waals surface area contributed by atoms with Crippen LogP contribution in [0.4, 0.5) is 34.9 Å². The molecule has 3 N–H and O–H groups in total. The fourth-order valence-electron chi connectivity index (χ4n) is 3.53. The summed E-state index contributed by atoms with van der Waals surface area (Å²) in [7, 11) is 0. The van der Waals surface area contributed by atoms with Gasteiger partial charge in [0.2, 0.25) is 17.8 Å². The fourth-order valence-corrected chi connectivity index (χ4v) is 3.66. The van der Waals surface area contributed by atoms with Gasteiger partial charge in [0.15, 0.2) is 5.78 Å². The third-order valence-corrected chi connectivity index (χ3v) is 5.67. The number of nitrogens with one attached hydrogen (secondary N) is 3. The van der Waals surface area contributed by atoms with E-state index in [1.807, 2.05) is 84.9 Å². The Morgan fingerprint density at radius 2 is 1.03 bits per heavy atom. The van der Waals surface area contributed by atoms with Crippen LogP contribution in [-0.2, 0) is 0 Å². The summed E-state index contributed by atoms with van der Waals surface area (Å²) < 4.78 is 0. The highest BCUT2D eigenvalue weighted by Gasteiger charge is 2.09. The first-order chi connectivity index (χ1) is 18.6. The molecule has 4 aromatic carbocycles. The molecule has 0 atom stereocenters. The van der Waals surface area contributed by atoms with Crippen LogP contribution in [0.5, 0.6) is 0 Å². The number of hydrogen-bond donors (Lipinski definition) is 3. The van der Waals surface area contributed by atoms with E-state index in [0.717, 1.165) is 22.6 Å². The Morgan fingerprint density at radius 1 is 0.579 bits per heavy atom. The molecule has 8 heteroatoms. The first kappa shape index (κ1) is 24.7. The van der Waals surface area contributed by atoms with Crippen molar-refractivity contribution in [2.45, 2.75) is 0 Å². The van der Waals surface area contributed by atoms with Crippen LogP contribution < -0.4 is 16.0 Å². The Kier molecular flexibility index (Phi) is 7.67. The molecule has 5 rings (SSSR count). The van der Waals surface area contributed by atoms with E-state index < -0.39 is 0 Å². The minimum absolute atomic E-state index is 0.102. The van der Waals surface area contributed by atoms with Crippen molar-refractivity contribution >= 4 is 58.4 Å². The van der Waals surface area contributed by atoms with Gasteiger partial charge in [-0.3, -0.25) is 4.79 Å². The molecule has 1 heterocycles. The molecule has 0 unspecified atom stereocenters. The molecule has 38 heavy (non-hydrogen) atoms. The van der Waals surface area contributed by atoms with Crippen LogP contribution >= 0.6 is 11.6 Å². The molecular formula is C30H23ClN6O. The number of carbonyl (C=O) groups is 1. The Bertz CT molecular complexity index is 1480. The van der Waals surface area contributed by atoms with Gasteiger partial charge in [0, 0.05) is 27.6 Å². The van der Waals surface area contributed by atoms with Crippen molar-refractivity contribution in [3.63, 3.8) is 0 Å². The van der Waals surface area contributed by atoms with Crippen molar-refractivity contribution in [2.24, 2.45) is 0 Å². The predicted molar refractivity (Wildman–Crippen MR) is 154 cm³/mol. The number of benzene rings is 4. The SMILES string of the molecule is O=C(/C=C/c1ccc(Cl)cc1)c1ccc(Nc2nc(Nc3ccccc3)nc(Nc3ccccc3)n2)cc1. The molecular weight excluding hydrogens is 496 g/mol. The van der Waals surface area contributed by atoms with Crippen molar-refractivity contribution in [2.75, 3.05) is 16.0 Å². The Labute approximate surface area is 225 Å². The highest BCUT2D eigenvalue weighted by molar-refractivity contribution is 6.30. The van der Waals surface area contributed by atoms with Crippen LogP contribution in [0.15, 0.2) is 115 Å². The number of para-hydroxylation sites is 2. The number of nitrogens with zero attached hydrogens (tertiary/aromatic N) is 3. The lowest BCUT2D eigenvalue weighted by atomic mass is 10.1. The first-order valence-electron chi connectivity index (χ1n) is 11.9. The smallest absolute Gasteiger partial charge is 0.233 e. The largest absolute Gasteiger partial charge is 0.324 e. The number of carbonyl (C=O) groups excluding carboxylic acids is 1. The molecule has 0 amide bonds. The maximum atomic E-state index is 12.6. The molecule has 0 aliphatic heterocycles. The molecule has 0 aliphatic carbocycles. The summed E-state index contributed by atoms with van der Waals surface area (Å²) in [4.78, 5) is 26.2. The molecule has 7 nitrogen and oxygen atoms in total. The average Bonchev–Trinajstić information content (AvgIpc) is 2.94. The number of anilines is 6. The van der Waals surface area contributed by atoms with Gasteiger partial charge >= 0.3 is 0 Å². The van der Waals surface area contributed by atoms with E-state index in [9.17, 15) is 4.79 Å². The zero-order valence-electron chi connectivity index (χ0n) is 20.2. The van der Waals surface area contributed by atoms with Crippen molar-refractivity contribution in [1.82, 2.24) is 15.0 Å². The molecule has 186 valence electrons. The predicted octanol–water partition coefficient (Wildman–Crippen LogP) is 7.65. The maximum Gasteiger partial charge on any atom is 0.233 e. The second-order valence-corrected chi connectivity index (χ2v) is 8.68. The summed E-state index contributed by atoms with van der Waals surface area (Å²) in [6.07, 6.45) is 3.30. The monoisotopic (exact) mass is 518 g/mol.